The second-order valence-corrected chi connectivity index (χ2v) is 12.0. The van der Waals surface area contributed by atoms with Gasteiger partial charge in [0, 0.05) is 0 Å². The van der Waals surface area contributed by atoms with Crippen LogP contribution in [0.15, 0.2) is 0 Å². The summed E-state index contributed by atoms with van der Waals surface area (Å²) in [6, 6.07) is -0.640. The molecule has 1 N–H and O–H groups in total. The smallest absolute Gasteiger partial charge is 0.327 e. The van der Waals surface area contributed by atoms with Crippen LogP contribution in [0.5, 0.6) is 0 Å². The molecule has 0 aliphatic carbocycles. The van der Waals surface area contributed by atoms with E-state index in [1.807, 2.05) is 0 Å². The minimum Gasteiger partial charge on any atom is -0.480 e. The van der Waals surface area contributed by atoms with E-state index in [0.717, 1.165) is 0 Å². The van der Waals surface area contributed by atoms with Gasteiger partial charge in [0.1, 0.15) is 11.3 Å². The lowest BCUT2D eigenvalue weighted by Gasteiger charge is -2.56. The van der Waals surface area contributed by atoms with E-state index in [1.165, 1.54) is 11.8 Å². The molecular weight excluding hydrogens is 254 g/mol. The van der Waals surface area contributed by atoms with Gasteiger partial charge in [-0.3, -0.25) is 4.79 Å². The van der Waals surface area contributed by atoms with Crippen LogP contribution in [0, 0.1) is 0 Å². The Balaban J connectivity index is 3.07. The number of carbonyl (C=O) groups is 2. The summed E-state index contributed by atoms with van der Waals surface area (Å²) < 4.78 is 1.66. The van der Waals surface area contributed by atoms with Crippen LogP contribution in [-0.4, -0.2) is 47.3 Å². The predicted octanol–water partition coefficient (Wildman–Crippen LogP) is 2.02. The molecule has 0 spiro atoms. The fourth-order valence-electron chi connectivity index (χ4n) is 1.92. The normalized spacial score (nSPS) is 25.8. The predicted molar refractivity (Wildman–Crippen MR) is 72.8 cm³/mol. The van der Waals surface area contributed by atoms with Crippen molar-refractivity contribution < 1.29 is 14.7 Å². The second-order valence-electron chi connectivity index (χ2n) is 5.96. The van der Waals surface area contributed by atoms with Crippen LogP contribution < -0.4 is 0 Å². The third-order valence-corrected chi connectivity index (χ3v) is 10.3. The van der Waals surface area contributed by atoms with Gasteiger partial charge in [-0.25, -0.2) is 4.79 Å². The fraction of sp³-hybridized carbons (Fsp3) is 0.818. The van der Waals surface area contributed by atoms with E-state index in [0.29, 0.717) is 0 Å². The van der Waals surface area contributed by atoms with Gasteiger partial charge in [0.2, 0.25) is 5.91 Å². The summed E-state index contributed by atoms with van der Waals surface area (Å²) in [6.45, 7) is 10.4. The lowest BCUT2D eigenvalue weighted by atomic mass is 10.1. The SMILES string of the molecule is CSC1C(=O)N([Si](C)(C)C(C)(C)C)C1C(=O)O. The maximum Gasteiger partial charge on any atom is 0.327 e. The molecule has 1 amide bonds. The number of β-lactam (4-membered cyclic amide) rings is 1. The average Bonchev–Trinajstić information content (AvgIpc) is 2.11. The molecule has 17 heavy (non-hydrogen) atoms. The molecule has 98 valence electrons. The van der Waals surface area contributed by atoms with Crippen molar-refractivity contribution in [1.82, 2.24) is 4.57 Å². The number of rotatable bonds is 3. The molecule has 1 aliphatic rings. The molecule has 2 atom stereocenters. The lowest BCUT2D eigenvalue weighted by molar-refractivity contribution is -0.155. The van der Waals surface area contributed by atoms with Gasteiger partial charge in [0.15, 0.2) is 8.24 Å². The summed E-state index contributed by atoms with van der Waals surface area (Å²) in [6.07, 6.45) is 1.79. The fourth-order valence-corrected chi connectivity index (χ4v) is 5.30. The molecule has 0 aromatic rings. The molecule has 2 unspecified atom stereocenters. The van der Waals surface area contributed by atoms with Crippen LogP contribution in [0.1, 0.15) is 20.8 Å². The number of carboxylic acids is 1. The Labute approximate surface area is 108 Å². The van der Waals surface area contributed by atoms with Crippen molar-refractivity contribution in [2.75, 3.05) is 6.26 Å². The summed E-state index contributed by atoms with van der Waals surface area (Å²) in [4.78, 5) is 23.4. The number of carboxylic acid groups (broad SMARTS) is 1. The van der Waals surface area contributed by atoms with E-state index in [4.69, 9.17) is 0 Å². The maximum atomic E-state index is 12.1. The molecule has 1 heterocycles. The highest BCUT2D eigenvalue weighted by atomic mass is 32.2. The first-order valence-corrected chi connectivity index (χ1v) is 9.88. The third-order valence-electron chi connectivity index (χ3n) is 3.99. The van der Waals surface area contributed by atoms with E-state index in [-0.39, 0.29) is 10.9 Å². The molecule has 6 heteroatoms. The van der Waals surface area contributed by atoms with Crippen LogP contribution in [0.3, 0.4) is 0 Å². The monoisotopic (exact) mass is 275 g/mol. The minimum absolute atomic E-state index is 0.00325. The van der Waals surface area contributed by atoms with Gasteiger partial charge in [-0.1, -0.05) is 33.9 Å². The van der Waals surface area contributed by atoms with Crippen LogP contribution in [-0.2, 0) is 9.59 Å². The van der Waals surface area contributed by atoms with Crippen LogP contribution >= 0.6 is 11.8 Å². The molecule has 0 aromatic heterocycles. The van der Waals surface area contributed by atoms with Crippen molar-refractivity contribution >= 4 is 31.9 Å². The number of hydrogen-bond acceptors (Lipinski definition) is 3. The number of nitrogens with zero attached hydrogens (tertiary/aromatic N) is 1. The zero-order valence-corrected chi connectivity index (χ0v) is 13.1. The van der Waals surface area contributed by atoms with Gasteiger partial charge in [-0.05, 0) is 11.3 Å². The maximum absolute atomic E-state index is 12.1. The molecule has 0 saturated carbocycles. The number of carbonyl (C=O) groups excluding carboxylic acids is 1. The molecular formula is C11H21NO3SSi. The van der Waals surface area contributed by atoms with Gasteiger partial charge >= 0.3 is 5.97 Å². The Morgan fingerprint density at radius 2 is 1.88 bits per heavy atom. The van der Waals surface area contributed by atoms with Crippen molar-refractivity contribution in [2.24, 2.45) is 0 Å². The second kappa shape index (κ2) is 4.31. The van der Waals surface area contributed by atoms with E-state index in [2.05, 4.69) is 33.9 Å². The minimum atomic E-state index is -2.08. The van der Waals surface area contributed by atoms with Gasteiger partial charge in [-0.15, -0.1) is 11.8 Å². The number of amides is 1. The highest BCUT2D eigenvalue weighted by Crippen LogP contribution is 2.45. The Morgan fingerprint density at radius 1 is 1.41 bits per heavy atom. The topological polar surface area (TPSA) is 57.6 Å². The zero-order chi connectivity index (χ0) is 13.6. The Bertz CT molecular complexity index is 351. The number of thioether (sulfide) groups is 1. The summed E-state index contributed by atoms with van der Waals surface area (Å²) >= 11 is 1.34. The summed E-state index contributed by atoms with van der Waals surface area (Å²) in [5, 5.41) is 8.84. The molecule has 0 radical (unpaired) electrons. The lowest BCUT2D eigenvalue weighted by Crippen LogP contribution is -2.76. The van der Waals surface area contributed by atoms with Crippen LogP contribution in [0.25, 0.3) is 0 Å². The molecule has 1 aliphatic heterocycles. The Kier molecular flexibility index (Phi) is 3.70. The van der Waals surface area contributed by atoms with Gasteiger partial charge in [-0.2, -0.15) is 0 Å². The Morgan fingerprint density at radius 3 is 2.18 bits per heavy atom. The molecule has 0 bridgehead atoms. The van der Waals surface area contributed by atoms with E-state index >= 15 is 0 Å². The van der Waals surface area contributed by atoms with Crippen molar-refractivity contribution in [3.05, 3.63) is 0 Å². The highest BCUT2D eigenvalue weighted by molar-refractivity contribution is 8.00. The van der Waals surface area contributed by atoms with Gasteiger partial charge < -0.3 is 9.67 Å². The molecule has 0 aromatic carbocycles. The molecule has 1 saturated heterocycles. The summed E-state index contributed by atoms with van der Waals surface area (Å²) in [5.41, 5.74) is 0. The first-order chi connectivity index (χ1) is 7.55. The van der Waals surface area contributed by atoms with Crippen molar-refractivity contribution in [2.45, 2.75) is 50.2 Å². The Hall–Kier alpha value is -0.493. The molecule has 1 fully saturated rings. The molecule has 1 rings (SSSR count). The quantitative estimate of drug-likeness (QED) is 0.632. The summed E-state index contributed by atoms with van der Waals surface area (Å²) in [7, 11) is -2.08. The standard InChI is InChI=1S/C11H21NO3SSi/c1-11(2,3)17(5,6)12-7(10(14)15)8(16-4)9(12)13/h7-8H,1-6H3,(H,14,15). The van der Waals surface area contributed by atoms with Crippen molar-refractivity contribution in [3.63, 3.8) is 0 Å². The molecule has 4 nitrogen and oxygen atoms in total. The van der Waals surface area contributed by atoms with Gasteiger partial charge in [0.25, 0.3) is 0 Å². The van der Waals surface area contributed by atoms with Crippen molar-refractivity contribution in [3.8, 4) is 0 Å². The van der Waals surface area contributed by atoms with Crippen molar-refractivity contribution in [1.29, 1.82) is 0 Å². The first-order valence-electron chi connectivity index (χ1n) is 5.64. The zero-order valence-electron chi connectivity index (χ0n) is 11.3. The third kappa shape index (κ3) is 2.12. The van der Waals surface area contributed by atoms with E-state index in [9.17, 15) is 14.7 Å². The summed E-state index contributed by atoms with van der Waals surface area (Å²) in [5.74, 6) is -0.884. The van der Waals surface area contributed by atoms with E-state index in [1.54, 1.807) is 10.8 Å². The average molecular weight is 275 g/mol. The van der Waals surface area contributed by atoms with Gasteiger partial charge in [0.05, 0.1) is 0 Å². The van der Waals surface area contributed by atoms with Crippen LogP contribution in [0.2, 0.25) is 18.1 Å². The first kappa shape index (κ1) is 14.6. The highest BCUT2D eigenvalue weighted by Gasteiger charge is 2.59. The largest absolute Gasteiger partial charge is 0.480 e. The van der Waals surface area contributed by atoms with E-state index < -0.39 is 25.5 Å². The van der Waals surface area contributed by atoms with Crippen LogP contribution in [0.4, 0.5) is 0 Å². The number of aliphatic carboxylic acids is 1. The number of hydrogen-bond donors (Lipinski definition) is 1.